The second-order valence-corrected chi connectivity index (χ2v) is 7.89. The van der Waals surface area contributed by atoms with Crippen LogP contribution in [-0.4, -0.2) is 17.8 Å². The summed E-state index contributed by atoms with van der Waals surface area (Å²) < 4.78 is 5.39. The number of esters is 1. The van der Waals surface area contributed by atoms with Gasteiger partial charge in [-0.15, -0.1) is 0 Å². The molecule has 2 fully saturated rings. The Balaban J connectivity index is 1.49. The molecule has 144 valence electrons. The molecule has 1 saturated heterocycles. The third-order valence-corrected chi connectivity index (χ3v) is 5.78. The minimum atomic E-state index is -0.443. The standard InChI is InChI=1S/C23H23NO4/c1-14-3-6-16(7-4-14)23(27)28-18-10-8-17(9-11-18)24-21(25)19-12-5-15(2)13-20(19)22(24)26/h3-4,6-11,15,19-20H,5,12-13H2,1-2H3/t15-,19-,20-/m0/s1. The van der Waals surface area contributed by atoms with Crippen LogP contribution in [0.2, 0.25) is 0 Å². The van der Waals surface area contributed by atoms with Gasteiger partial charge in [0.15, 0.2) is 0 Å². The van der Waals surface area contributed by atoms with Gasteiger partial charge in [-0.25, -0.2) is 4.79 Å². The van der Waals surface area contributed by atoms with Crippen molar-refractivity contribution in [2.45, 2.75) is 33.1 Å². The lowest BCUT2D eigenvalue weighted by molar-refractivity contribution is -0.122. The molecule has 2 aromatic rings. The summed E-state index contributed by atoms with van der Waals surface area (Å²) in [4.78, 5) is 39.1. The van der Waals surface area contributed by atoms with Gasteiger partial charge in [0.2, 0.25) is 11.8 Å². The molecule has 2 aromatic carbocycles. The zero-order valence-electron chi connectivity index (χ0n) is 16.1. The summed E-state index contributed by atoms with van der Waals surface area (Å²) in [5, 5.41) is 0. The molecule has 0 spiro atoms. The number of imide groups is 1. The van der Waals surface area contributed by atoms with E-state index in [0.717, 1.165) is 24.8 Å². The topological polar surface area (TPSA) is 63.7 Å². The smallest absolute Gasteiger partial charge is 0.343 e. The zero-order chi connectivity index (χ0) is 19.8. The van der Waals surface area contributed by atoms with Gasteiger partial charge < -0.3 is 4.74 Å². The maximum absolute atomic E-state index is 12.8. The van der Waals surface area contributed by atoms with Gasteiger partial charge in [0.25, 0.3) is 0 Å². The van der Waals surface area contributed by atoms with E-state index in [-0.39, 0.29) is 23.7 Å². The summed E-state index contributed by atoms with van der Waals surface area (Å²) in [7, 11) is 0. The van der Waals surface area contributed by atoms with Gasteiger partial charge in [-0.3, -0.25) is 14.5 Å². The second kappa shape index (κ2) is 7.23. The van der Waals surface area contributed by atoms with E-state index in [0.29, 0.717) is 22.9 Å². The molecule has 1 aliphatic heterocycles. The van der Waals surface area contributed by atoms with Gasteiger partial charge in [-0.2, -0.15) is 0 Å². The molecule has 1 heterocycles. The highest BCUT2D eigenvalue weighted by molar-refractivity contribution is 6.22. The van der Waals surface area contributed by atoms with E-state index >= 15 is 0 Å². The lowest BCUT2D eigenvalue weighted by Gasteiger charge is -2.25. The Hall–Kier alpha value is -2.95. The largest absolute Gasteiger partial charge is 0.423 e. The molecule has 1 aliphatic carbocycles. The van der Waals surface area contributed by atoms with Crippen molar-refractivity contribution in [2.24, 2.45) is 17.8 Å². The minimum Gasteiger partial charge on any atom is -0.423 e. The molecule has 5 heteroatoms. The van der Waals surface area contributed by atoms with E-state index in [1.165, 1.54) is 4.90 Å². The maximum Gasteiger partial charge on any atom is 0.343 e. The Labute approximate surface area is 164 Å². The van der Waals surface area contributed by atoms with Crippen molar-refractivity contribution >= 4 is 23.5 Å². The number of fused-ring (bicyclic) bond motifs is 1. The Morgan fingerprint density at radius 1 is 0.929 bits per heavy atom. The number of anilines is 1. The van der Waals surface area contributed by atoms with Crippen molar-refractivity contribution in [3.63, 3.8) is 0 Å². The first-order valence-electron chi connectivity index (χ1n) is 9.71. The molecule has 28 heavy (non-hydrogen) atoms. The van der Waals surface area contributed by atoms with Gasteiger partial charge >= 0.3 is 5.97 Å². The predicted molar refractivity (Wildman–Crippen MR) is 105 cm³/mol. The first-order chi connectivity index (χ1) is 13.4. The monoisotopic (exact) mass is 377 g/mol. The van der Waals surface area contributed by atoms with Crippen LogP contribution in [0, 0.1) is 24.7 Å². The highest BCUT2D eigenvalue weighted by Crippen LogP contribution is 2.42. The van der Waals surface area contributed by atoms with Crippen LogP contribution in [0.5, 0.6) is 5.75 Å². The van der Waals surface area contributed by atoms with Crippen molar-refractivity contribution in [1.82, 2.24) is 0 Å². The van der Waals surface area contributed by atoms with E-state index in [9.17, 15) is 14.4 Å². The van der Waals surface area contributed by atoms with Crippen LogP contribution >= 0.6 is 0 Å². The predicted octanol–water partition coefficient (Wildman–Crippen LogP) is 4.14. The molecule has 5 nitrogen and oxygen atoms in total. The van der Waals surface area contributed by atoms with Crippen LogP contribution in [0.1, 0.15) is 42.1 Å². The molecule has 1 saturated carbocycles. The van der Waals surface area contributed by atoms with E-state index in [4.69, 9.17) is 4.74 Å². The number of hydrogen-bond donors (Lipinski definition) is 0. The molecule has 0 radical (unpaired) electrons. The number of rotatable bonds is 3. The Morgan fingerprint density at radius 3 is 2.25 bits per heavy atom. The normalized spacial score (nSPS) is 24.2. The van der Waals surface area contributed by atoms with Crippen LogP contribution < -0.4 is 9.64 Å². The second-order valence-electron chi connectivity index (χ2n) is 7.89. The Bertz CT molecular complexity index is 917. The molecule has 3 atom stereocenters. The van der Waals surface area contributed by atoms with Gasteiger partial charge in [0.05, 0.1) is 23.1 Å². The van der Waals surface area contributed by atoms with Crippen LogP contribution in [0.15, 0.2) is 48.5 Å². The molecular weight excluding hydrogens is 354 g/mol. The van der Waals surface area contributed by atoms with Gasteiger partial charge in [-0.1, -0.05) is 24.6 Å². The fourth-order valence-electron chi connectivity index (χ4n) is 4.16. The molecule has 0 aromatic heterocycles. The molecule has 0 unspecified atom stereocenters. The summed E-state index contributed by atoms with van der Waals surface area (Å²) in [6.07, 6.45) is 2.54. The molecule has 0 bridgehead atoms. The number of amides is 2. The van der Waals surface area contributed by atoms with Crippen molar-refractivity contribution in [3.05, 3.63) is 59.7 Å². The number of ether oxygens (including phenoxy) is 1. The fraction of sp³-hybridized carbons (Fsp3) is 0.348. The summed E-state index contributed by atoms with van der Waals surface area (Å²) >= 11 is 0. The lowest BCUT2D eigenvalue weighted by atomic mass is 9.76. The maximum atomic E-state index is 12.8. The highest BCUT2D eigenvalue weighted by Gasteiger charge is 2.49. The first-order valence-corrected chi connectivity index (χ1v) is 9.71. The molecule has 4 rings (SSSR count). The van der Waals surface area contributed by atoms with Crippen molar-refractivity contribution < 1.29 is 19.1 Å². The molecule has 2 aliphatic rings. The van der Waals surface area contributed by atoms with Crippen LogP contribution in [0.4, 0.5) is 5.69 Å². The van der Waals surface area contributed by atoms with Crippen LogP contribution in [-0.2, 0) is 9.59 Å². The Morgan fingerprint density at radius 2 is 1.57 bits per heavy atom. The number of carbonyl (C=O) groups excluding carboxylic acids is 3. The van der Waals surface area contributed by atoms with E-state index in [1.54, 1.807) is 36.4 Å². The molecule has 0 N–H and O–H groups in total. The summed E-state index contributed by atoms with van der Waals surface area (Å²) in [6.45, 7) is 4.08. The number of carbonyl (C=O) groups is 3. The van der Waals surface area contributed by atoms with E-state index in [2.05, 4.69) is 6.92 Å². The summed E-state index contributed by atoms with van der Waals surface area (Å²) in [5.74, 6) is -0.197. The number of hydrogen-bond acceptors (Lipinski definition) is 4. The van der Waals surface area contributed by atoms with E-state index < -0.39 is 5.97 Å². The van der Waals surface area contributed by atoms with E-state index in [1.807, 2.05) is 19.1 Å². The fourth-order valence-corrected chi connectivity index (χ4v) is 4.16. The van der Waals surface area contributed by atoms with Crippen LogP contribution in [0.3, 0.4) is 0 Å². The third kappa shape index (κ3) is 3.33. The third-order valence-electron chi connectivity index (χ3n) is 5.78. The Kier molecular flexibility index (Phi) is 4.75. The minimum absolute atomic E-state index is 0.105. The average Bonchev–Trinajstić information content (AvgIpc) is 2.93. The van der Waals surface area contributed by atoms with Crippen molar-refractivity contribution in [2.75, 3.05) is 4.90 Å². The lowest BCUT2D eigenvalue weighted by Crippen LogP contribution is -2.30. The quantitative estimate of drug-likeness (QED) is 0.458. The number of benzene rings is 2. The molecule has 2 amide bonds. The van der Waals surface area contributed by atoms with Gasteiger partial charge in [0.1, 0.15) is 5.75 Å². The zero-order valence-corrected chi connectivity index (χ0v) is 16.1. The average molecular weight is 377 g/mol. The SMILES string of the molecule is Cc1ccc(C(=O)Oc2ccc(N3C(=O)[C@H]4CC[C@H](C)C[C@@H]4C3=O)cc2)cc1. The van der Waals surface area contributed by atoms with Crippen LogP contribution in [0.25, 0.3) is 0 Å². The first kappa shape index (κ1) is 18.4. The highest BCUT2D eigenvalue weighted by atomic mass is 16.5. The van der Waals surface area contributed by atoms with Gasteiger partial charge in [-0.05, 0) is 68.5 Å². The van der Waals surface area contributed by atoms with Crippen molar-refractivity contribution in [3.8, 4) is 5.75 Å². The summed E-state index contributed by atoms with van der Waals surface area (Å²) in [5.41, 5.74) is 2.07. The molecular formula is C23H23NO4. The van der Waals surface area contributed by atoms with Gasteiger partial charge in [0, 0.05) is 0 Å². The number of nitrogens with zero attached hydrogens (tertiary/aromatic N) is 1. The summed E-state index contributed by atoms with van der Waals surface area (Å²) in [6, 6.07) is 13.7. The van der Waals surface area contributed by atoms with Crippen molar-refractivity contribution in [1.29, 1.82) is 0 Å². The number of aryl methyl sites for hydroxylation is 1.